The summed E-state index contributed by atoms with van der Waals surface area (Å²) in [6.07, 6.45) is 2.39. The Morgan fingerprint density at radius 3 is 1.59 bits per heavy atom. The molecule has 0 aliphatic carbocycles. The Morgan fingerprint density at radius 1 is 0.636 bits per heavy atom. The van der Waals surface area contributed by atoms with E-state index in [0.29, 0.717) is 0 Å². The molecule has 0 fully saturated rings. The largest absolute Gasteiger partial charge is 0.399 e. The summed E-state index contributed by atoms with van der Waals surface area (Å²) in [5, 5.41) is 0. The number of para-hydroxylation sites is 1. The molecule has 1 nitrogen and oxygen atoms in total. The van der Waals surface area contributed by atoms with Crippen LogP contribution in [-0.4, -0.2) is 0 Å². The van der Waals surface area contributed by atoms with Gasteiger partial charge in [0.2, 0.25) is 0 Å². The summed E-state index contributed by atoms with van der Waals surface area (Å²) < 4.78 is 0. The highest BCUT2D eigenvalue weighted by molar-refractivity contribution is 5.63. The first-order valence-corrected chi connectivity index (χ1v) is 7.74. The van der Waals surface area contributed by atoms with Gasteiger partial charge < -0.3 is 5.73 Å². The lowest BCUT2D eigenvalue weighted by molar-refractivity contribution is 0.922. The van der Waals surface area contributed by atoms with Gasteiger partial charge in [0, 0.05) is 5.69 Å². The number of hydrogen-bond acceptors (Lipinski definition) is 1. The van der Waals surface area contributed by atoms with E-state index in [-0.39, 0.29) is 0 Å². The summed E-state index contributed by atoms with van der Waals surface area (Å²) in [5.41, 5.74) is 10.2. The summed E-state index contributed by atoms with van der Waals surface area (Å²) in [6.45, 7) is 2.21. The number of anilines is 1. The van der Waals surface area contributed by atoms with Crippen LogP contribution in [0.1, 0.15) is 18.9 Å². The summed E-state index contributed by atoms with van der Waals surface area (Å²) in [6, 6.07) is 28.9. The molecule has 0 amide bonds. The van der Waals surface area contributed by atoms with Gasteiger partial charge in [0.25, 0.3) is 0 Å². The molecule has 0 radical (unpaired) electrons. The van der Waals surface area contributed by atoms with Gasteiger partial charge in [0.1, 0.15) is 0 Å². The third-order valence-electron chi connectivity index (χ3n) is 3.40. The third-order valence-corrected chi connectivity index (χ3v) is 3.40. The monoisotopic (exact) mass is 289 g/mol. The second kappa shape index (κ2) is 8.68. The molecule has 0 aromatic heterocycles. The fraction of sp³-hybridized carbons (Fsp3) is 0.143. The lowest BCUT2D eigenvalue weighted by atomic mass is 10.0. The van der Waals surface area contributed by atoms with E-state index < -0.39 is 0 Å². The zero-order valence-corrected chi connectivity index (χ0v) is 13.1. The Kier molecular flexibility index (Phi) is 6.25. The van der Waals surface area contributed by atoms with Crippen molar-refractivity contribution in [3.8, 4) is 11.1 Å². The Hall–Kier alpha value is -2.54. The normalized spacial score (nSPS) is 9.68. The highest BCUT2D eigenvalue weighted by Gasteiger charge is 1.96. The van der Waals surface area contributed by atoms with Crippen molar-refractivity contribution >= 4 is 5.69 Å². The zero-order chi connectivity index (χ0) is 15.6. The van der Waals surface area contributed by atoms with E-state index in [1.165, 1.54) is 29.5 Å². The Morgan fingerprint density at radius 2 is 1.14 bits per heavy atom. The van der Waals surface area contributed by atoms with E-state index in [1.807, 2.05) is 30.3 Å². The van der Waals surface area contributed by atoms with Crippen molar-refractivity contribution in [2.75, 3.05) is 5.73 Å². The topological polar surface area (TPSA) is 26.0 Å². The first-order valence-electron chi connectivity index (χ1n) is 7.74. The van der Waals surface area contributed by atoms with Gasteiger partial charge in [-0.25, -0.2) is 0 Å². The molecule has 0 unspecified atom stereocenters. The van der Waals surface area contributed by atoms with Crippen LogP contribution in [-0.2, 0) is 6.42 Å². The molecule has 2 N–H and O–H groups in total. The van der Waals surface area contributed by atoms with Crippen molar-refractivity contribution in [3.63, 3.8) is 0 Å². The van der Waals surface area contributed by atoms with Crippen LogP contribution in [0, 0.1) is 0 Å². The first kappa shape index (κ1) is 15.8. The van der Waals surface area contributed by atoms with Crippen LogP contribution in [0.4, 0.5) is 5.69 Å². The van der Waals surface area contributed by atoms with Gasteiger partial charge >= 0.3 is 0 Å². The minimum atomic E-state index is 0.822. The second-order valence-corrected chi connectivity index (χ2v) is 5.22. The molecule has 3 rings (SSSR count). The number of aryl methyl sites for hydroxylation is 1. The van der Waals surface area contributed by atoms with E-state index in [9.17, 15) is 0 Å². The van der Waals surface area contributed by atoms with Gasteiger partial charge in [-0.3, -0.25) is 0 Å². The lowest BCUT2D eigenvalue weighted by Crippen LogP contribution is -1.83. The van der Waals surface area contributed by atoms with E-state index >= 15 is 0 Å². The minimum Gasteiger partial charge on any atom is -0.399 e. The number of nitrogens with two attached hydrogens (primary N) is 1. The molecule has 0 saturated carbocycles. The Labute approximate surface area is 133 Å². The molecule has 0 atom stereocenters. The highest BCUT2D eigenvalue weighted by atomic mass is 14.5. The van der Waals surface area contributed by atoms with E-state index in [1.54, 1.807) is 0 Å². The Bertz CT molecular complexity index is 643. The molecule has 0 aliphatic rings. The summed E-state index contributed by atoms with van der Waals surface area (Å²) in [4.78, 5) is 0. The number of rotatable bonds is 3. The quantitative estimate of drug-likeness (QED) is 0.626. The first-order chi connectivity index (χ1) is 10.8. The van der Waals surface area contributed by atoms with E-state index in [0.717, 1.165) is 5.69 Å². The minimum absolute atomic E-state index is 0.822. The van der Waals surface area contributed by atoms with E-state index in [4.69, 9.17) is 5.73 Å². The molecular weight excluding hydrogens is 266 g/mol. The molecule has 1 heteroatoms. The van der Waals surface area contributed by atoms with Crippen molar-refractivity contribution in [1.29, 1.82) is 0 Å². The van der Waals surface area contributed by atoms with Crippen molar-refractivity contribution in [2.24, 2.45) is 0 Å². The molecule has 0 bridgehead atoms. The van der Waals surface area contributed by atoms with Crippen LogP contribution in [0.3, 0.4) is 0 Å². The van der Waals surface area contributed by atoms with E-state index in [2.05, 4.69) is 61.5 Å². The average molecular weight is 289 g/mol. The van der Waals surface area contributed by atoms with Gasteiger partial charge in [-0.2, -0.15) is 0 Å². The molecular formula is C21H23N. The number of hydrogen-bond donors (Lipinski definition) is 1. The SMILES string of the molecule is CCCc1ccc(-c2ccccc2)cc1.Nc1ccccc1. The van der Waals surface area contributed by atoms with Crippen molar-refractivity contribution in [2.45, 2.75) is 19.8 Å². The maximum atomic E-state index is 5.36. The molecule has 3 aromatic carbocycles. The predicted octanol–water partition coefficient (Wildman–Crippen LogP) is 5.57. The van der Waals surface area contributed by atoms with Crippen LogP contribution in [0.5, 0.6) is 0 Å². The standard InChI is InChI=1S/C15H16.C6H7N/c1-2-6-13-9-11-15(12-10-13)14-7-4-3-5-8-14;7-6-4-2-1-3-5-6/h3-5,7-12H,2,6H2,1H3;1-5H,7H2. The van der Waals surface area contributed by atoms with Crippen molar-refractivity contribution in [3.05, 3.63) is 90.5 Å². The smallest absolute Gasteiger partial charge is 0.0313 e. The molecule has 0 heterocycles. The van der Waals surface area contributed by atoms with Crippen LogP contribution in [0.2, 0.25) is 0 Å². The zero-order valence-electron chi connectivity index (χ0n) is 13.1. The molecule has 0 aliphatic heterocycles. The molecule has 0 saturated heterocycles. The van der Waals surface area contributed by atoms with Crippen LogP contribution in [0.25, 0.3) is 11.1 Å². The fourth-order valence-electron chi connectivity index (χ4n) is 2.24. The van der Waals surface area contributed by atoms with Crippen LogP contribution < -0.4 is 5.73 Å². The maximum Gasteiger partial charge on any atom is 0.0313 e. The maximum absolute atomic E-state index is 5.36. The van der Waals surface area contributed by atoms with Gasteiger partial charge in [-0.05, 0) is 35.2 Å². The molecule has 3 aromatic rings. The summed E-state index contributed by atoms with van der Waals surface area (Å²) >= 11 is 0. The Balaban J connectivity index is 0.000000211. The molecule has 0 spiro atoms. The predicted molar refractivity (Wildman–Crippen MR) is 96.7 cm³/mol. The van der Waals surface area contributed by atoms with Crippen LogP contribution >= 0.6 is 0 Å². The van der Waals surface area contributed by atoms with Crippen molar-refractivity contribution < 1.29 is 0 Å². The van der Waals surface area contributed by atoms with Crippen LogP contribution in [0.15, 0.2) is 84.9 Å². The fourth-order valence-corrected chi connectivity index (χ4v) is 2.24. The van der Waals surface area contributed by atoms with Gasteiger partial charge in [0.05, 0.1) is 0 Å². The van der Waals surface area contributed by atoms with Crippen molar-refractivity contribution in [1.82, 2.24) is 0 Å². The number of nitrogen functional groups attached to an aromatic ring is 1. The molecule has 112 valence electrons. The number of benzene rings is 3. The van der Waals surface area contributed by atoms with Gasteiger partial charge in [0.15, 0.2) is 0 Å². The molecule has 22 heavy (non-hydrogen) atoms. The second-order valence-electron chi connectivity index (χ2n) is 5.22. The summed E-state index contributed by atoms with van der Waals surface area (Å²) in [7, 11) is 0. The third kappa shape index (κ3) is 5.10. The lowest BCUT2D eigenvalue weighted by Gasteiger charge is -2.03. The van der Waals surface area contributed by atoms with Gasteiger partial charge in [-0.15, -0.1) is 0 Å². The summed E-state index contributed by atoms with van der Waals surface area (Å²) in [5.74, 6) is 0. The van der Waals surface area contributed by atoms with Gasteiger partial charge in [-0.1, -0.05) is 86.1 Å². The average Bonchev–Trinajstić information content (AvgIpc) is 2.58. The highest BCUT2D eigenvalue weighted by Crippen LogP contribution is 2.19.